The van der Waals surface area contributed by atoms with Gasteiger partial charge in [0.05, 0.1) is 21.1 Å². The molecule has 0 aromatic rings. The van der Waals surface area contributed by atoms with E-state index in [1.165, 1.54) is 77.0 Å². The highest BCUT2D eigenvalue weighted by molar-refractivity contribution is 7.38. The van der Waals surface area contributed by atoms with Crippen molar-refractivity contribution in [2.75, 3.05) is 21.1 Å². The normalized spacial score (nSPS) is 15.1. The lowest BCUT2D eigenvalue weighted by Gasteiger charge is -2.39. The van der Waals surface area contributed by atoms with E-state index in [4.69, 9.17) is 0 Å². The minimum atomic E-state index is -2.42. The molecule has 4 heteroatoms. The molecule has 0 aliphatic heterocycles. The minimum absolute atomic E-state index is 0.523. The fourth-order valence-electron chi connectivity index (χ4n) is 4.23. The van der Waals surface area contributed by atoms with E-state index in [1.807, 2.05) is 21.1 Å². The molecule has 166 valence electrons. The fraction of sp³-hybridized carbons (Fsp3) is 0.917. The Bertz CT molecular complexity index is 417. The maximum Gasteiger partial charge on any atom is 0.376 e. The molecule has 0 saturated heterocycles. The van der Waals surface area contributed by atoms with Gasteiger partial charge in [0.1, 0.15) is 0 Å². The Kier molecular flexibility index (Phi) is 16.4. The number of hydrogen-bond acceptors (Lipinski definition) is 2. The van der Waals surface area contributed by atoms with Gasteiger partial charge in [-0.2, -0.15) is 0 Å². The lowest BCUT2D eigenvalue weighted by atomic mass is 9.99. The number of rotatable bonds is 19. The van der Waals surface area contributed by atoms with Crippen LogP contribution in [0, 0.1) is 0 Å². The Hall–Kier alpha value is -0.240. The molecule has 3 nitrogen and oxygen atoms in total. The van der Waals surface area contributed by atoms with Crippen LogP contribution in [-0.4, -0.2) is 30.9 Å². The van der Waals surface area contributed by atoms with Crippen molar-refractivity contribution < 1.29 is 13.9 Å². The summed E-state index contributed by atoms with van der Waals surface area (Å²) >= 11 is 0. The van der Waals surface area contributed by atoms with E-state index >= 15 is 0 Å². The van der Waals surface area contributed by atoms with Crippen molar-refractivity contribution in [2.45, 2.75) is 122 Å². The highest BCUT2D eigenvalue weighted by atomic mass is 31.1. The zero-order chi connectivity index (χ0) is 21.3. The Morgan fingerprint density at radius 1 is 0.786 bits per heavy atom. The van der Waals surface area contributed by atoms with Gasteiger partial charge in [-0.15, -0.1) is 0 Å². The quantitative estimate of drug-likeness (QED) is 0.0960. The predicted octanol–water partition coefficient (Wildman–Crippen LogP) is 7.33. The Labute approximate surface area is 177 Å². The molecule has 0 radical (unpaired) electrons. The van der Waals surface area contributed by atoms with Gasteiger partial charge in [-0.05, 0) is 32.6 Å². The number of quaternary nitrogens is 1. The summed E-state index contributed by atoms with van der Waals surface area (Å²) in [5, 5.41) is -0.586. The fourth-order valence-corrected chi connectivity index (χ4v) is 5.47. The van der Waals surface area contributed by atoms with Crippen molar-refractivity contribution in [2.24, 2.45) is 0 Å². The van der Waals surface area contributed by atoms with Crippen LogP contribution in [0.5, 0.6) is 0 Å². The third-order valence-electron chi connectivity index (χ3n) is 6.17. The topological polar surface area (TPSA) is 40.1 Å². The summed E-state index contributed by atoms with van der Waals surface area (Å²) in [6.45, 7) is 4.19. The van der Waals surface area contributed by atoms with Crippen molar-refractivity contribution in [1.29, 1.82) is 0 Å². The molecule has 0 aliphatic carbocycles. The van der Waals surface area contributed by atoms with Crippen molar-refractivity contribution in [3.8, 4) is 0 Å². The Morgan fingerprint density at radius 3 is 1.57 bits per heavy atom. The van der Waals surface area contributed by atoms with Crippen LogP contribution in [-0.2, 0) is 4.57 Å². The van der Waals surface area contributed by atoms with Gasteiger partial charge >= 0.3 is 8.03 Å². The molecular formula is C24H49NO2P+. The van der Waals surface area contributed by atoms with Crippen LogP contribution in [0.1, 0.15) is 117 Å². The third kappa shape index (κ3) is 11.7. The SMILES string of the molecule is CC=CCCCCCCCCCCCCCCC(CCC)([P+](=O)[O-])[N+](C)(C)C. The van der Waals surface area contributed by atoms with E-state index in [0.717, 1.165) is 25.7 Å². The first-order chi connectivity index (χ1) is 13.3. The first kappa shape index (κ1) is 27.8. The number of allylic oxidation sites excluding steroid dienone is 2. The average Bonchev–Trinajstić information content (AvgIpc) is 2.62. The van der Waals surface area contributed by atoms with Crippen LogP contribution in [0.4, 0.5) is 0 Å². The molecule has 28 heavy (non-hydrogen) atoms. The van der Waals surface area contributed by atoms with Gasteiger partial charge in [-0.3, -0.25) is 4.48 Å². The zero-order valence-electron chi connectivity index (χ0n) is 19.7. The van der Waals surface area contributed by atoms with Crippen LogP contribution in [0.25, 0.3) is 0 Å². The summed E-state index contributed by atoms with van der Waals surface area (Å²) in [5.74, 6) is 0. The van der Waals surface area contributed by atoms with Crippen molar-refractivity contribution in [1.82, 2.24) is 0 Å². The average molecular weight is 415 g/mol. The molecule has 0 heterocycles. The zero-order valence-corrected chi connectivity index (χ0v) is 20.6. The first-order valence-corrected chi connectivity index (χ1v) is 13.1. The second kappa shape index (κ2) is 16.5. The molecule has 0 saturated carbocycles. The van der Waals surface area contributed by atoms with Gasteiger partial charge in [-0.25, -0.2) is 0 Å². The maximum absolute atomic E-state index is 12.1. The largest absolute Gasteiger partial charge is 0.590 e. The van der Waals surface area contributed by atoms with Gasteiger partial charge in [-0.1, -0.05) is 87.8 Å². The molecule has 0 bridgehead atoms. The van der Waals surface area contributed by atoms with Crippen LogP contribution < -0.4 is 4.89 Å². The second-order valence-corrected chi connectivity index (χ2v) is 10.7. The molecule has 0 amide bonds. The summed E-state index contributed by atoms with van der Waals surface area (Å²) in [4.78, 5) is 12.1. The van der Waals surface area contributed by atoms with E-state index in [2.05, 4.69) is 26.0 Å². The summed E-state index contributed by atoms with van der Waals surface area (Å²) in [6, 6.07) is 0. The molecule has 2 atom stereocenters. The molecule has 0 spiro atoms. The van der Waals surface area contributed by atoms with E-state index < -0.39 is 13.3 Å². The van der Waals surface area contributed by atoms with Crippen molar-refractivity contribution >= 4 is 8.03 Å². The van der Waals surface area contributed by atoms with Gasteiger partial charge in [0.2, 0.25) is 0 Å². The van der Waals surface area contributed by atoms with Crippen LogP contribution in [0.3, 0.4) is 0 Å². The van der Waals surface area contributed by atoms with Gasteiger partial charge in [0.25, 0.3) is 5.28 Å². The summed E-state index contributed by atoms with van der Waals surface area (Å²) in [7, 11) is 3.68. The van der Waals surface area contributed by atoms with E-state index in [-0.39, 0.29) is 0 Å². The molecule has 0 fully saturated rings. The number of unbranched alkanes of at least 4 members (excludes halogenated alkanes) is 12. The van der Waals surface area contributed by atoms with E-state index in [1.54, 1.807) is 0 Å². The van der Waals surface area contributed by atoms with Crippen LogP contribution in [0.2, 0.25) is 0 Å². The highest BCUT2D eigenvalue weighted by Crippen LogP contribution is 2.45. The number of hydrogen-bond donors (Lipinski definition) is 0. The summed E-state index contributed by atoms with van der Waals surface area (Å²) < 4.78 is 12.6. The summed E-state index contributed by atoms with van der Waals surface area (Å²) in [6.07, 6.45) is 23.9. The monoisotopic (exact) mass is 414 g/mol. The lowest BCUT2D eigenvalue weighted by Crippen LogP contribution is -2.55. The van der Waals surface area contributed by atoms with Crippen molar-refractivity contribution in [3.63, 3.8) is 0 Å². The molecular weight excluding hydrogens is 365 g/mol. The van der Waals surface area contributed by atoms with E-state index in [9.17, 15) is 9.46 Å². The maximum atomic E-state index is 12.1. The molecule has 0 rings (SSSR count). The minimum Gasteiger partial charge on any atom is -0.590 e. The third-order valence-corrected chi connectivity index (χ3v) is 7.90. The van der Waals surface area contributed by atoms with Crippen LogP contribution in [0.15, 0.2) is 12.2 Å². The molecule has 0 aliphatic rings. The summed E-state index contributed by atoms with van der Waals surface area (Å²) in [5.41, 5.74) is 0. The van der Waals surface area contributed by atoms with E-state index in [0.29, 0.717) is 4.48 Å². The number of nitrogens with zero attached hydrogens (tertiary/aromatic N) is 1. The van der Waals surface area contributed by atoms with Crippen molar-refractivity contribution in [3.05, 3.63) is 12.2 Å². The molecule has 0 N–H and O–H groups in total. The molecule has 0 aromatic carbocycles. The standard InChI is InChI=1S/C24H49NO2P/c1-6-8-9-10-11-12-13-14-15-16-17-18-19-20-21-23-24(22-7-2,28(26)27)25(3,4)5/h6,8H,7,9-23H2,1-5H3/q+1. The lowest BCUT2D eigenvalue weighted by molar-refractivity contribution is -0.910. The van der Waals surface area contributed by atoms with Gasteiger partial charge in [0.15, 0.2) is 0 Å². The predicted molar refractivity (Wildman–Crippen MR) is 123 cm³/mol. The van der Waals surface area contributed by atoms with Gasteiger partial charge < -0.3 is 4.89 Å². The highest BCUT2D eigenvalue weighted by Gasteiger charge is 2.53. The molecule has 0 aromatic heterocycles. The van der Waals surface area contributed by atoms with Crippen LogP contribution >= 0.6 is 8.03 Å². The Morgan fingerprint density at radius 2 is 1.21 bits per heavy atom. The smallest absolute Gasteiger partial charge is 0.376 e. The second-order valence-electron chi connectivity index (χ2n) is 9.35. The Balaban J connectivity index is 3.73. The first-order valence-electron chi connectivity index (χ1n) is 11.9. The molecule has 2 unspecified atom stereocenters. The van der Waals surface area contributed by atoms with Gasteiger partial charge in [0, 0.05) is 12.8 Å².